The molecule has 1 aromatic carbocycles. The van der Waals surface area contributed by atoms with E-state index >= 15 is 0 Å². The van der Waals surface area contributed by atoms with Crippen molar-refractivity contribution in [2.24, 2.45) is 5.41 Å². The smallest absolute Gasteiger partial charge is 0.400 e. The molecule has 0 aliphatic carbocycles. The number of para-hydroxylation sites is 1. The van der Waals surface area contributed by atoms with Crippen molar-refractivity contribution in [1.29, 1.82) is 0 Å². The van der Waals surface area contributed by atoms with Gasteiger partial charge in [-0.15, -0.1) is 0 Å². The molecule has 1 N–H and O–H groups in total. The van der Waals surface area contributed by atoms with Gasteiger partial charge in [-0.3, -0.25) is 4.55 Å². The Kier molecular flexibility index (Phi) is 9.90. The predicted molar refractivity (Wildman–Crippen MR) is 111 cm³/mol. The maximum atomic E-state index is 11.8. The van der Waals surface area contributed by atoms with E-state index in [-0.39, 0.29) is 6.42 Å². The maximum Gasteiger partial charge on any atom is 0.400 e. The fourth-order valence-electron chi connectivity index (χ4n) is 3.63. The summed E-state index contributed by atoms with van der Waals surface area (Å²) >= 11 is 0. The monoisotopic (exact) mass is 416 g/mol. The summed E-state index contributed by atoms with van der Waals surface area (Å²) in [6.07, 6.45) is 4.06. The van der Waals surface area contributed by atoms with Gasteiger partial charge in [0.05, 0.1) is 0 Å². The van der Waals surface area contributed by atoms with Crippen molar-refractivity contribution in [3.05, 3.63) is 30.3 Å². The van der Waals surface area contributed by atoms with Crippen LogP contribution < -0.4 is 4.74 Å². The molecule has 7 heteroatoms. The van der Waals surface area contributed by atoms with E-state index in [2.05, 4.69) is 6.92 Å². The van der Waals surface area contributed by atoms with Gasteiger partial charge < -0.3 is 9.47 Å². The van der Waals surface area contributed by atoms with Crippen molar-refractivity contribution in [1.82, 2.24) is 0 Å². The average molecular weight is 417 g/mol. The number of hydrogen-bond acceptors (Lipinski definition) is 5. The van der Waals surface area contributed by atoms with Crippen LogP contribution in [0.15, 0.2) is 30.3 Å². The normalized spacial score (nSPS) is 15.8. The molecule has 0 aliphatic heterocycles. The molecule has 162 valence electrons. The third kappa shape index (κ3) is 7.70. The molecule has 0 heterocycles. The predicted octanol–water partition coefficient (Wildman–Crippen LogP) is 5.39. The summed E-state index contributed by atoms with van der Waals surface area (Å²) in [6.45, 7) is 10.3. The summed E-state index contributed by atoms with van der Waals surface area (Å²) in [7, 11) is -4.78. The van der Waals surface area contributed by atoms with Gasteiger partial charge in [-0.05, 0) is 37.3 Å². The van der Waals surface area contributed by atoms with Crippen molar-refractivity contribution in [2.75, 3.05) is 6.61 Å². The summed E-state index contributed by atoms with van der Waals surface area (Å²) < 4.78 is 50.6. The summed E-state index contributed by atoms with van der Waals surface area (Å²) in [4.78, 5) is 0. The SMILES string of the molecule is CCCCCC(C)(C)C(OCC)C(CCC)(Oc1ccccc1)OS(=O)(=O)O. The quantitative estimate of drug-likeness (QED) is 0.249. The summed E-state index contributed by atoms with van der Waals surface area (Å²) in [5.41, 5.74) is -0.445. The molecule has 0 saturated carbocycles. The van der Waals surface area contributed by atoms with E-state index in [1.807, 2.05) is 33.8 Å². The van der Waals surface area contributed by atoms with Gasteiger partial charge in [-0.25, -0.2) is 0 Å². The van der Waals surface area contributed by atoms with Gasteiger partial charge in [0.15, 0.2) is 0 Å². The van der Waals surface area contributed by atoms with Crippen LogP contribution in [-0.4, -0.2) is 31.5 Å². The lowest BCUT2D eigenvalue weighted by Gasteiger charge is -2.45. The standard InChI is InChI=1S/C21H36O6S/c1-6-9-13-17-20(4,5)19(25-8-3)21(16-7-2,27-28(22,23)24)26-18-14-11-10-12-15-18/h10-12,14-15,19H,6-9,13,16-17H2,1-5H3,(H,22,23,24). The third-order valence-electron chi connectivity index (χ3n) is 4.75. The molecule has 0 aromatic heterocycles. The van der Waals surface area contributed by atoms with E-state index in [0.717, 1.165) is 25.7 Å². The zero-order valence-corrected chi connectivity index (χ0v) is 18.6. The fourth-order valence-corrected chi connectivity index (χ4v) is 4.19. The minimum absolute atomic E-state index is 0.240. The molecule has 2 atom stereocenters. The van der Waals surface area contributed by atoms with Crippen LogP contribution in [0.3, 0.4) is 0 Å². The van der Waals surface area contributed by atoms with Crippen molar-refractivity contribution in [3.8, 4) is 5.75 Å². The molecule has 1 rings (SSSR count). The van der Waals surface area contributed by atoms with Gasteiger partial charge in [0.25, 0.3) is 5.79 Å². The van der Waals surface area contributed by atoms with Crippen LogP contribution >= 0.6 is 0 Å². The van der Waals surface area contributed by atoms with Crippen LogP contribution in [0.4, 0.5) is 0 Å². The molecule has 0 aliphatic rings. The molecular weight excluding hydrogens is 380 g/mol. The van der Waals surface area contributed by atoms with E-state index in [9.17, 15) is 13.0 Å². The Morgan fingerprint density at radius 2 is 1.64 bits per heavy atom. The number of ether oxygens (including phenoxy) is 2. The average Bonchev–Trinajstić information content (AvgIpc) is 2.59. The first-order valence-electron chi connectivity index (χ1n) is 10.1. The first kappa shape index (κ1) is 24.9. The van der Waals surface area contributed by atoms with Crippen LogP contribution in [0.5, 0.6) is 5.75 Å². The van der Waals surface area contributed by atoms with Gasteiger partial charge >= 0.3 is 10.4 Å². The fraction of sp³-hybridized carbons (Fsp3) is 0.714. The highest BCUT2D eigenvalue weighted by molar-refractivity contribution is 7.80. The van der Waals surface area contributed by atoms with E-state index in [1.54, 1.807) is 24.3 Å². The van der Waals surface area contributed by atoms with E-state index in [0.29, 0.717) is 18.8 Å². The Balaban J connectivity index is 3.42. The molecule has 0 spiro atoms. The minimum Gasteiger partial charge on any atom is -0.458 e. The third-order valence-corrected chi connectivity index (χ3v) is 5.24. The van der Waals surface area contributed by atoms with Crippen LogP contribution in [0.1, 0.15) is 73.1 Å². The molecule has 0 saturated heterocycles. The van der Waals surface area contributed by atoms with Crippen LogP contribution in [-0.2, 0) is 19.3 Å². The molecular formula is C21H36O6S. The molecule has 2 unspecified atom stereocenters. The second-order valence-corrected chi connectivity index (χ2v) is 8.79. The maximum absolute atomic E-state index is 11.8. The molecule has 0 fully saturated rings. The lowest BCUT2D eigenvalue weighted by atomic mass is 9.76. The van der Waals surface area contributed by atoms with Crippen molar-refractivity contribution < 1.29 is 26.6 Å². The highest BCUT2D eigenvalue weighted by Gasteiger charge is 2.53. The van der Waals surface area contributed by atoms with Gasteiger partial charge in [0.2, 0.25) is 0 Å². The van der Waals surface area contributed by atoms with Crippen molar-refractivity contribution >= 4 is 10.4 Å². The van der Waals surface area contributed by atoms with Crippen LogP contribution in [0, 0.1) is 5.41 Å². The molecule has 0 bridgehead atoms. The highest BCUT2D eigenvalue weighted by atomic mass is 32.3. The van der Waals surface area contributed by atoms with Crippen LogP contribution in [0.25, 0.3) is 0 Å². The summed E-state index contributed by atoms with van der Waals surface area (Å²) in [5, 5.41) is 0. The topological polar surface area (TPSA) is 82.1 Å². The zero-order chi connectivity index (χ0) is 21.3. The highest BCUT2D eigenvalue weighted by Crippen LogP contribution is 2.42. The summed E-state index contributed by atoms with van der Waals surface area (Å²) in [5.74, 6) is -1.22. The molecule has 1 aromatic rings. The van der Waals surface area contributed by atoms with Crippen molar-refractivity contribution in [2.45, 2.75) is 85.0 Å². The Morgan fingerprint density at radius 1 is 1.00 bits per heavy atom. The second kappa shape index (κ2) is 11.1. The van der Waals surface area contributed by atoms with Gasteiger partial charge in [0.1, 0.15) is 11.9 Å². The lowest BCUT2D eigenvalue weighted by molar-refractivity contribution is -0.238. The Hall–Kier alpha value is -1.15. The summed E-state index contributed by atoms with van der Waals surface area (Å²) in [6, 6.07) is 8.88. The van der Waals surface area contributed by atoms with Crippen LogP contribution in [0.2, 0.25) is 0 Å². The second-order valence-electron chi connectivity index (χ2n) is 7.77. The molecule has 0 radical (unpaired) electrons. The Bertz CT molecular complexity index is 659. The van der Waals surface area contributed by atoms with E-state index in [1.165, 1.54) is 0 Å². The molecule has 0 amide bonds. The number of benzene rings is 1. The van der Waals surface area contributed by atoms with E-state index < -0.39 is 27.7 Å². The molecule has 6 nitrogen and oxygen atoms in total. The minimum atomic E-state index is -4.78. The zero-order valence-electron chi connectivity index (χ0n) is 17.8. The Morgan fingerprint density at radius 3 is 2.14 bits per heavy atom. The molecule has 28 heavy (non-hydrogen) atoms. The van der Waals surface area contributed by atoms with Gasteiger partial charge in [0, 0.05) is 13.0 Å². The number of unbranched alkanes of at least 4 members (excludes halogenated alkanes) is 2. The largest absolute Gasteiger partial charge is 0.458 e. The van der Waals surface area contributed by atoms with Gasteiger partial charge in [-0.1, -0.05) is 65.2 Å². The van der Waals surface area contributed by atoms with E-state index in [4.69, 9.17) is 13.7 Å². The lowest BCUT2D eigenvalue weighted by Crippen LogP contribution is -2.58. The van der Waals surface area contributed by atoms with Crippen molar-refractivity contribution in [3.63, 3.8) is 0 Å². The Labute approximate surface area is 170 Å². The first-order valence-corrected chi connectivity index (χ1v) is 11.5. The number of rotatable bonds is 14. The van der Waals surface area contributed by atoms with Gasteiger partial charge in [-0.2, -0.15) is 12.6 Å². The number of hydrogen-bond donors (Lipinski definition) is 1. The first-order chi connectivity index (χ1) is 13.1.